The molecule has 6 nitrogen and oxygen atoms in total. The highest BCUT2D eigenvalue weighted by atomic mass is 32.1. The van der Waals surface area contributed by atoms with Gasteiger partial charge in [-0.15, -0.1) is 11.3 Å². The number of carbonyl (C=O) groups excluding carboxylic acids is 1. The largest absolute Gasteiger partial charge is 0.457 e. The van der Waals surface area contributed by atoms with E-state index in [0.29, 0.717) is 16.4 Å². The molecule has 0 aliphatic rings. The van der Waals surface area contributed by atoms with Gasteiger partial charge in [-0.1, -0.05) is 17.7 Å². The molecular weight excluding hydrogens is 362 g/mol. The van der Waals surface area contributed by atoms with Crippen LogP contribution in [-0.2, 0) is 0 Å². The lowest BCUT2D eigenvalue weighted by Gasteiger charge is -2.08. The molecule has 0 fully saturated rings. The fraction of sp³-hybridized carbons (Fsp3) is 0.0500. The summed E-state index contributed by atoms with van der Waals surface area (Å²) in [5.41, 5.74) is 1.32. The van der Waals surface area contributed by atoms with E-state index in [9.17, 15) is 9.59 Å². The summed E-state index contributed by atoms with van der Waals surface area (Å²) >= 11 is 1.34. The highest BCUT2D eigenvalue weighted by Crippen LogP contribution is 2.23. The molecular formula is C20H15N3O3S. The molecule has 4 aromatic rings. The first-order valence-corrected chi connectivity index (χ1v) is 9.09. The van der Waals surface area contributed by atoms with E-state index in [1.165, 1.54) is 21.9 Å². The zero-order valence-electron chi connectivity index (χ0n) is 14.4. The van der Waals surface area contributed by atoms with Crippen LogP contribution in [0.4, 0.5) is 5.69 Å². The number of aromatic nitrogens is 2. The number of thiazole rings is 1. The number of benzene rings is 2. The Morgan fingerprint density at radius 3 is 2.44 bits per heavy atom. The van der Waals surface area contributed by atoms with Crippen molar-refractivity contribution in [3.63, 3.8) is 0 Å². The molecule has 7 heteroatoms. The van der Waals surface area contributed by atoms with Crippen molar-refractivity contribution in [2.24, 2.45) is 0 Å². The Morgan fingerprint density at radius 1 is 1.07 bits per heavy atom. The summed E-state index contributed by atoms with van der Waals surface area (Å²) in [4.78, 5) is 29.4. The molecule has 0 unspecified atom stereocenters. The lowest BCUT2D eigenvalue weighted by Crippen LogP contribution is -2.25. The van der Waals surface area contributed by atoms with Crippen LogP contribution in [0.5, 0.6) is 11.5 Å². The number of hydrogen-bond acceptors (Lipinski definition) is 5. The van der Waals surface area contributed by atoms with Crippen molar-refractivity contribution in [2.45, 2.75) is 6.92 Å². The van der Waals surface area contributed by atoms with Crippen LogP contribution in [0.1, 0.15) is 15.9 Å². The molecule has 0 saturated carbocycles. The Balaban J connectivity index is 1.49. The molecule has 134 valence electrons. The van der Waals surface area contributed by atoms with Crippen molar-refractivity contribution >= 4 is 27.9 Å². The molecule has 0 bridgehead atoms. The van der Waals surface area contributed by atoms with E-state index in [0.717, 1.165) is 11.3 Å². The van der Waals surface area contributed by atoms with Crippen LogP contribution >= 0.6 is 11.3 Å². The van der Waals surface area contributed by atoms with Gasteiger partial charge < -0.3 is 10.1 Å². The SMILES string of the molecule is Cc1ccc(Oc2ccc(NC(=O)c3cnc4sccn4c3=O)cc2)cc1. The monoisotopic (exact) mass is 377 g/mol. The van der Waals surface area contributed by atoms with Crippen molar-refractivity contribution in [3.05, 3.63) is 87.8 Å². The topological polar surface area (TPSA) is 72.7 Å². The number of rotatable bonds is 4. The molecule has 1 N–H and O–H groups in total. The molecule has 0 atom stereocenters. The quantitative estimate of drug-likeness (QED) is 0.581. The van der Waals surface area contributed by atoms with E-state index < -0.39 is 11.5 Å². The molecule has 2 aromatic heterocycles. The number of nitrogens with one attached hydrogen (secondary N) is 1. The Kier molecular flexibility index (Phi) is 4.43. The molecule has 2 heterocycles. The number of fused-ring (bicyclic) bond motifs is 1. The minimum Gasteiger partial charge on any atom is -0.457 e. The first-order valence-electron chi connectivity index (χ1n) is 8.21. The van der Waals surface area contributed by atoms with Crippen molar-refractivity contribution in [3.8, 4) is 11.5 Å². The molecule has 0 radical (unpaired) electrons. The normalized spacial score (nSPS) is 10.7. The lowest BCUT2D eigenvalue weighted by atomic mass is 10.2. The molecule has 4 rings (SSSR count). The van der Waals surface area contributed by atoms with E-state index in [4.69, 9.17) is 4.74 Å². The summed E-state index contributed by atoms with van der Waals surface area (Å²) in [6.07, 6.45) is 2.90. The second kappa shape index (κ2) is 7.05. The lowest BCUT2D eigenvalue weighted by molar-refractivity contribution is 0.102. The second-order valence-corrected chi connectivity index (χ2v) is 6.80. The van der Waals surface area contributed by atoms with Gasteiger partial charge in [0.1, 0.15) is 17.1 Å². The fourth-order valence-corrected chi connectivity index (χ4v) is 3.20. The molecule has 2 aromatic carbocycles. The smallest absolute Gasteiger partial charge is 0.271 e. The van der Waals surface area contributed by atoms with Crippen molar-refractivity contribution in [1.29, 1.82) is 0 Å². The van der Waals surface area contributed by atoms with Crippen molar-refractivity contribution in [1.82, 2.24) is 9.38 Å². The van der Waals surface area contributed by atoms with Gasteiger partial charge in [0.25, 0.3) is 11.5 Å². The van der Waals surface area contributed by atoms with Gasteiger partial charge in [-0.3, -0.25) is 14.0 Å². The molecule has 0 aliphatic heterocycles. The van der Waals surface area contributed by atoms with Crippen LogP contribution in [0.2, 0.25) is 0 Å². The summed E-state index contributed by atoms with van der Waals surface area (Å²) in [6, 6.07) is 14.7. The summed E-state index contributed by atoms with van der Waals surface area (Å²) in [5, 5.41) is 4.46. The maximum atomic E-state index is 12.4. The Bertz CT molecular complexity index is 1160. The summed E-state index contributed by atoms with van der Waals surface area (Å²) < 4.78 is 7.12. The third-order valence-electron chi connectivity index (χ3n) is 3.96. The Morgan fingerprint density at radius 2 is 1.74 bits per heavy atom. The molecule has 0 aliphatic carbocycles. The zero-order valence-corrected chi connectivity index (χ0v) is 15.2. The number of hydrogen-bond donors (Lipinski definition) is 1. The van der Waals surface area contributed by atoms with Gasteiger partial charge >= 0.3 is 0 Å². The van der Waals surface area contributed by atoms with Gasteiger partial charge in [0.2, 0.25) is 0 Å². The number of aryl methyl sites for hydroxylation is 1. The van der Waals surface area contributed by atoms with E-state index in [-0.39, 0.29) is 5.56 Å². The summed E-state index contributed by atoms with van der Waals surface area (Å²) in [7, 11) is 0. The van der Waals surface area contributed by atoms with Crippen LogP contribution in [-0.4, -0.2) is 15.3 Å². The van der Waals surface area contributed by atoms with Crippen LogP contribution in [0.3, 0.4) is 0 Å². The van der Waals surface area contributed by atoms with Crippen LogP contribution < -0.4 is 15.6 Å². The number of carbonyl (C=O) groups is 1. The average molecular weight is 377 g/mol. The minimum atomic E-state index is -0.500. The summed E-state index contributed by atoms with van der Waals surface area (Å²) in [6.45, 7) is 2.01. The van der Waals surface area contributed by atoms with Crippen molar-refractivity contribution < 1.29 is 9.53 Å². The first kappa shape index (κ1) is 17.0. The number of ether oxygens (including phenoxy) is 1. The fourth-order valence-electron chi connectivity index (χ4n) is 2.53. The predicted octanol–water partition coefficient (Wildman–Crippen LogP) is 4.11. The van der Waals surface area contributed by atoms with Gasteiger partial charge in [-0.25, -0.2) is 4.98 Å². The molecule has 1 amide bonds. The molecule has 27 heavy (non-hydrogen) atoms. The third-order valence-corrected chi connectivity index (χ3v) is 4.73. The van der Waals surface area contributed by atoms with E-state index in [1.807, 2.05) is 31.2 Å². The van der Waals surface area contributed by atoms with Gasteiger partial charge in [0.15, 0.2) is 4.96 Å². The van der Waals surface area contributed by atoms with Gasteiger partial charge in [0, 0.05) is 23.5 Å². The van der Waals surface area contributed by atoms with Gasteiger partial charge in [0.05, 0.1) is 0 Å². The highest BCUT2D eigenvalue weighted by Gasteiger charge is 2.14. The predicted molar refractivity (Wildman–Crippen MR) is 105 cm³/mol. The second-order valence-electron chi connectivity index (χ2n) is 5.93. The third kappa shape index (κ3) is 3.58. The Labute approximate surface area is 158 Å². The van der Waals surface area contributed by atoms with Crippen LogP contribution in [0, 0.1) is 6.92 Å². The molecule has 0 spiro atoms. The standard InChI is InChI=1S/C20H15N3O3S/c1-13-2-6-15(7-3-13)26-16-8-4-14(5-9-16)22-18(24)17-12-21-20-23(19(17)25)10-11-27-20/h2-12H,1H3,(H,22,24). The van der Waals surface area contributed by atoms with Crippen LogP contribution in [0.25, 0.3) is 4.96 Å². The number of amides is 1. The molecule has 0 saturated heterocycles. The zero-order chi connectivity index (χ0) is 18.8. The first-order chi connectivity index (χ1) is 13.1. The highest BCUT2D eigenvalue weighted by molar-refractivity contribution is 7.15. The van der Waals surface area contributed by atoms with E-state index in [1.54, 1.807) is 35.8 Å². The van der Waals surface area contributed by atoms with Gasteiger partial charge in [-0.2, -0.15) is 0 Å². The number of nitrogens with zero attached hydrogens (tertiary/aromatic N) is 2. The summed E-state index contributed by atoms with van der Waals surface area (Å²) in [5.74, 6) is 0.888. The Hall–Kier alpha value is -3.45. The maximum Gasteiger partial charge on any atom is 0.271 e. The number of anilines is 1. The van der Waals surface area contributed by atoms with Crippen molar-refractivity contribution in [2.75, 3.05) is 5.32 Å². The minimum absolute atomic E-state index is 0.00844. The average Bonchev–Trinajstić information content (AvgIpc) is 3.15. The maximum absolute atomic E-state index is 12.4. The van der Waals surface area contributed by atoms with Gasteiger partial charge in [-0.05, 0) is 43.3 Å². The van der Waals surface area contributed by atoms with E-state index in [2.05, 4.69) is 10.3 Å². The van der Waals surface area contributed by atoms with Crippen LogP contribution in [0.15, 0.2) is 71.1 Å². The van der Waals surface area contributed by atoms with E-state index >= 15 is 0 Å².